The van der Waals surface area contributed by atoms with Crippen molar-refractivity contribution in [2.45, 2.75) is 40.7 Å². The van der Waals surface area contributed by atoms with E-state index in [0.717, 1.165) is 37.7 Å². The fourth-order valence-electron chi connectivity index (χ4n) is 3.00. The summed E-state index contributed by atoms with van der Waals surface area (Å²) in [5.41, 5.74) is 4.41. The summed E-state index contributed by atoms with van der Waals surface area (Å²) in [5.74, 6) is -0.0892. The first kappa shape index (κ1) is 16.6. The molecule has 2 heterocycles. The second kappa shape index (κ2) is 6.32. The van der Waals surface area contributed by atoms with Gasteiger partial charge in [0.2, 0.25) is 0 Å². The number of para-hydroxylation sites is 1. The van der Waals surface area contributed by atoms with Gasteiger partial charge >= 0.3 is 0 Å². The topological polar surface area (TPSA) is 54.9 Å². The maximum atomic E-state index is 12.9. The molecule has 3 aromatic rings. The third-order valence-electron chi connectivity index (χ3n) is 4.11. The molecule has 3 rings (SSSR count). The van der Waals surface area contributed by atoms with E-state index in [-0.39, 0.29) is 11.9 Å². The van der Waals surface area contributed by atoms with Crippen LogP contribution < -0.4 is 5.32 Å². The molecule has 1 amide bonds. The molecule has 1 unspecified atom stereocenters. The van der Waals surface area contributed by atoms with Crippen molar-refractivity contribution in [3.63, 3.8) is 0 Å². The van der Waals surface area contributed by atoms with Gasteiger partial charge in [0.05, 0.1) is 27.8 Å². The third-order valence-corrected chi connectivity index (χ3v) is 5.01. The lowest BCUT2D eigenvalue weighted by Gasteiger charge is -2.15. The maximum absolute atomic E-state index is 12.9. The van der Waals surface area contributed by atoms with E-state index < -0.39 is 0 Å². The van der Waals surface area contributed by atoms with Crippen molar-refractivity contribution in [1.29, 1.82) is 0 Å². The number of aryl methyl sites for hydroxylation is 4. The average molecular weight is 339 g/mol. The van der Waals surface area contributed by atoms with Crippen LogP contribution in [0, 0.1) is 27.7 Å². The predicted molar refractivity (Wildman–Crippen MR) is 98.7 cm³/mol. The van der Waals surface area contributed by atoms with Crippen LogP contribution in [0.5, 0.6) is 0 Å². The number of pyridine rings is 1. The van der Waals surface area contributed by atoms with Gasteiger partial charge in [-0.3, -0.25) is 9.78 Å². The number of benzene rings is 1. The van der Waals surface area contributed by atoms with Crippen LogP contribution >= 0.6 is 11.3 Å². The summed E-state index contributed by atoms with van der Waals surface area (Å²) >= 11 is 1.65. The van der Waals surface area contributed by atoms with Crippen molar-refractivity contribution < 1.29 is 4.79 Å². The van der Waals surface area contributed by atoms with Crippen LogP contribution in [0.1, 0.15) is 50.2 Å². The Morgan fingerprint density at radius 2 is 1.92 bits per heavy atom. The molecule has 0 aliphatic carbocycles. The number of nitrogens with zero attached hydrogens (tertiary/aromatic N) is 2. The van der Waals surface area contributed by atoms with Crippen LogP contribution in [0.25, 0.3) is 10.9 Å². The average Bonchev–Trinajstić information content (AvgIpc) is 2.86. The van der Waals surface area contributed by atoms with Crippen LogP contribution in [-0.4, -0.2) is 15.9 Å². The number of hydrogen-bond donors (Lipinski definition) is 1. The number of fused-ring (bicyclic) bond motifs is 1. The SMILES string of the molecule is Cc1cc(C(=O)NC(C)c2nc(C)sc2C)c2cccc(C)c2n1. The second-order valence-electron chi connectivity index (χ2n) is 6.15. The van der Waals surface area contributed by atoms with E-state index in [9.17, 15) is 4.79 Å². The summed E-state index contributed by atoms with van der Waals surface area (Å²) in [7, 11) is 0. The minimum atomic E-state index is -0.129. The zero-order valence-electron chi connectivity index (χ0n) is 14.6. The van der Waals surface area contributed by atoms with Gasteiger partial charge < -0.3 is 5.32 Å². The number of thiazole rings is 1. The van der Waals surface area contributed by atoms with E-state index in [1.165, 1.54) is 0 Å². The zero-order valence-corrected chi connectivity index (χ0v) is 15.4. The molecule has 0 spiro atoms. The van der Waals surface area contributed by atoms with Gasteiger partial charge in [0.1, 0.15) is 0 Å². The molecular formula is C19H21N3OS. The molecule has 24 heavy (non-hydrogen) atoms. The highest BCUT2D eigenvalue weighted by molar-refractivity contribution is 7.11. The van der Waals surface area contributed by atoms with Crippen molar-refractivity contribution in [3.8, 4) is 0 Å². The van der Waals surface area contributed by atoms with Crippen molar-refractivity contribution in [2.75, 3.05) is 0 Å². The Morgan fingerprint density at radius 1 is 1.17 bits per heavy atom. The Morgan fingerprint density at radius 3 is 2.58 bits per heavy atom. The van der Waals surface area contributed by atoms with Gasteiger partial charge in [-0.15, -0.1) is 11.3 Å². The van der Waals surface area contributed by atoms with Gasteiger partial charge in [-0.25, -0.2) is 4.98 Å². The normalized spacial score (nSPS) is 12.4. The molecule has 2 aromatic heterocycles. The highest BCUT2D eigenvalue weighted by Gasteiger charge is 2.19. The fourth-order valence-corrected chi connectivity index (χ4v) is 3.91. The summed E-state index contributed by atoms with van der Waals surface area (Å²) in [6.07, 6.45) is 0. The first-order valence-electron chi connectivity index (χ1n) is 7.98. The summed E-state index contributed by atoms with van der Waals surface area (Å²) in [6.45, 7) is 9.93. The fraction of sp³-hybridized carbons (Fsp3) is 0.316. The van der Waals surface area contributed by atoms with Crippen LogP contribution in [0.2, 0.25) is 0 Å². The van der Waals surface area contributed by atoms with Crippen LogP contribution in [0.3, 0.4) is 0 Å². The Kier molecular flexibility index (Phi) is 4.37. The van der Waals surface area contributed by atoms with Crippen molar-refractivity contribution in [2.24, 2.45) is 0 Å². The van der Waals surface area contributed by atoms with Gasteiger partial charge in [0.15, 0.2) is 0 Å². The van der Waals surface area contributed by atoms with Gasteiger partial charge in [0, 0.05) is 16.0 Å². The van der Waals surface area contributed by atoms with Gasteiger partial charge in [-0.05, 0) is 46.2 Å². The van der Waals surface area contributed by atoms with Crippen LogP contribution in [0.4, 0.5) is 0 Å². The number of rotatable bonds is 3. The first-order chi connectivity index (χ1) is 11.4. The molecule has 0 saturated heterocycles. The Labute approximate surface area is 146 Å². The predicted octanol–water partition coefficient (Wildman–Crippen LogP) is 4.42. The monoisotopic (exact) mass is 339 g/mol. The molecular weight excluding hydrogens is 318 g/mol. The second-order valence-corrected chi connectivity index (χ2v) is 7.56. The largest absolute Gasteiger partial charge is 0.344 e. The van der Waals surface area contributed by atoms with Crippen LogP contribution in [0.15, 0.2) is 24.3 Å². The minimum Gasteiger partial charge on any atom is -0.344 e. The highest BCUT2D eigenvalue weighted by Crippen LogP contribution is 2.25. The molecule has 1 atom stereocenters. The molecule has 124 valence electrons. The maximum Gasteiger partial charge on any atom is 0.252 e. The number of aromatic nitrogens is 2. The molecule has 0 saturated carbocycles. The van der Waals surface area contributed by atoms with Gasteiger partial charge in [-0.1, -0.05) is 18.2 Å². The Balaban J connectivity index is 1.97. The minimum absolute atomic E-state index is 0.0892. The van der Waals surface area contributed by atoms with E-state index in [1.54, 1.807) is 11.3 Å². The molecule has 4 nitrogen and oxygen atoms in total. The highest BCUT2D eigenvalue weighted by atomic mass is 32.1. The van der Waals surface area contributed by atoms with E-state index in [2.05, 4.69) is 15.3 Å². The van der Waals surface area contributed by atoms with E-state index >= 15 is 0 Å². The third kappa shape index (κ3) is 3.04. The van der Waals surface area contributed by atoms with Crippen molar-refractivity contribution in [3.05, 3.63) is 56.7 Å². The smallest absolute Gasteiger partial charge is 0.252 e. The molecule has 1 aromatic carbocycles. The van der Waals surface area contributed by atoms with Crippen LogP contribution in [-0.2, 0) is 0 Å². The van der Waals surface area contributed by atoms with E-state index in [0.29, 0.717) is 5.56 Å². The van der Waals surface area contributed by atoms with Crippen molar-refractivity contribution >= 4 is 28.1 Å². The molecule has 0 aliphatic heterocycles. The summed E-state index contributed by atoms with van der Waals surface area (Å²) in [5, 5.41) is 4.99. The quantitative estimate of drug-likeness (QED) is 0.769. The van der Waals surface area contributed by atoms with E-state index in [1.807, 2.05) is 58.9 Å². The molecule has 1 N–H and O–H groups in total. The molecule has 0 bridgehead atoms. The molecule has 0 fully saturated rings. The first-order valence-corrected chi connectivity index (χ1v) is 8.80. The summed E-state index contributed by atoms with van der Waals surface area (Å²) in [6, 6.07) is 7.65. The Bertz CT molecular complexity index is 930. The summed E-state index contributed by atoms with van der Waals surface area (Å²) < 4.78 is 0. The number of carbonyl (C=O) groups is 1. The zero-order chi connectivity index (χ0) is 17.4. The van der Waals surface area contributed by atoms with Crippen molar-refractivity contribution in [1.82, 2.24) is 15.3 Å². The number of nitrogens with one attached hydrogen (secondary N) is 1. The lowest BCUT2D eigenvalue weighted by Crippen LogP contribution is -2.27. The molecule has 5 heteroatoms. The standard InChI is InChI=1S/C19H21N3OS/c1-10-7-6-8-15-16(9-11(2)20-17(10)15)19(23)21-12(3)18-13(4)24-14(5)22-18/h6-9,12H,1-5H3,(H,21,23). The number of amides is 1. The molecule has 0 radical (unpaired) electrons. The Hall–Kier alpha value is -2.27. The van der Waals surface area contributed by atoms with Gasteiger partial charge in [0.25, 0.3) is 5.91 Å². The molecule has 0 aliphatic rings. The number of carbonyl (C=O) groups excluding carboxylic acids is 1. The lowest BCUT2D eigenvalue weighted by atomic mass is 10.0. The lowest BCUT2D eigenvalue weighted by molar-refractivity contribution is 0.0940. The van der Waals surface area contributed by atoms with E-state index in [4.69, 9.17) is 0 Å². The number of hydrogen-bond acceptors (Lipinski definition) is 4. The van der Waals surface area contributed by atoms with Gasteiger partial charge in [-0.2, -0.15) is 0 Å². The summed E-state index contributed by atoms with van der Waals surface area (Å²) in [4.78, 5) is 23.1.